The molecule has 1 aliphatic rings. The van der Waals surface area contributed by atoms with Crippen LogP contribution in [0.15, 0.2) is 46.9 Å². The molecule has 0 fully saturated rings. The number of hydrogen-bond donors (Lipinski definition) is 1. The fourth-order valence-corrected chi connectivity index (χ4v) is 2.96. The molecule has 0 atom stereocenters. The average molecular weight is 331 g/mol. The molecule has 3 rings (SSSR count). The largest absolute Gasteiger partial charge is 0.399 e. The number of carbonyl (C=O) groups excluding carboxylic acids is 1. The summed E-state index contributed by atoms with van der Waals surface area (Å²) in [6.07, 6.45) is 1.31. The average Bonchev–Trinajstić information content (AvgIpc) is 2.44. The SMILES string of the molecule is Nc1ccc2c(c1)CCC(=O)N2Cc1ccccc1Br. The number of nitrogen functional groups attached to an aromatic ring is 1. The Morgan fingerprint density at radius 2 is 1.95 bits per heavy atom. The Kier molecular flexibility index (Phi) is 3.49. The van der Waals surface area contributed by atoms with Crippen molar-refractivity contribution in [2.75, 3.05) is 10.6 Å². The molecule has 3 nitrogen and oxygen atoms in total. The van der Waals surface area contributed by atoms with E-state index in [1.54, 1.807) is 0 Å². The molecule has 0 saturated carbocycles. The van der Waals surface area contributed by atoms with Gasteiger partial charge in [-0.1, -0.05) is 34.1 Å². The third-order valence-electron chi connectivity index (χ3n) is 3.59. The smallest absolute Gasteiger partial charge is 0.227 e. The van der Waals surface area contributed by atoms with Crippen LogP contribution in [0.25, 0.3) is 0 Å². The molecule has 2 aromatic rings. The van der Waals surface area contributed by atoms with E-state index in [-0.39, 0.29) is 5.91 Å². The Morgan fingerprint density at radius 3 is 2.75 bits per heavy atom. The van der Waals surface area contributed by atoms with E-state index in [9.17, 15) is 4.79 Å². The number of carbonyl (C=O) groups is 1. The monoisotopic (exact) mass is 330 g/mol. The lowest BCUT2D eigenvalue weighted by molar-refractivity contribution is -0.119. The summed E-state index contributed by atoms with van der Waals surface area (Å²) < 4.78 is 1.02. The summed E-state index contributed by atoms with van der Waals surface area (Å²) in [7, 11) is 0. The molecule has 4 heteroatoms. The van der Waals surface area contributed by atoms with Gasteiger partial charge in [0.2, 0.25) is 5.91 Å². The van der Waals surface area contributed by atoms with Gasteiger partial charge in [0.15, 0.2) is 0 Å². The second-order valence-electron chi connectivity index (χ2n) is 4.96. The maximum absolute atomic E-state index is 12.2. The highest BCUT2D eigenvalue weighted by atomic mass is 79.9. The summed E-state index contributed by atoms with van der Waals surface area (Å²) in [5.41, 5.74) is 9.81. The van der Waals surface area contributed by atoms with Gasteiger partial charge in [0.05, 0.1) is 6.54 Å². The maximum Gasteiger partial charge on any atom is 0.227 e. The minimum absolute atomic E-state index is 0.165. The molecule has 0 radical (unpaired) electrons. The van der Waals surface area contributed by atoms with E-state index in [0.29, 0.717) is 13.0 Å². The van der Waals surface area contributed by atoms with Crippen LogP contribution in [-0.4, -0.2) is 5.91 Å². The molecule has 2 aromatic carbocycles. The highest BCUT2D eigenvalue weighted by Crippen LogP contribution is 2.31. The maximum atomic E-state index is 12.2. The molecule has 2 N–H and O–H groups in total. The molecule has 20 heavy (non-hydrogen) atoms. The molecule has 102 valence electrons. The summed E-state index contributed by atoms with van der Waals surface area (Å²) >= 11 is 3.54. The molecule has 0 bridgehead atoms. The fourth-order valence-electron chi connectivity index (χ4n) is 2.55. The second kappa shape index (κ2) is 5.29. The van der Waals surface area contributed by atoms with Crippen LogP contribution in [0, 0.1) is 0 Å². The first-order valence-electron chi connectivity index (χ1n) is 6.57. The minimum atomic E-state index is 0.165. The number of hydrogen-bond acceptors (Lipinski definition) is 2. The van der Waals surface area contributed by atoms with E-state index in [1.807, 2.05) is 47.4 Å². The van der Waals surface area contributed by atoms with Crippen molar-refractivity contribution in [3.8, 4) is 0 Å². The van der Waals surface area contributed by atoms with E-state index < -0.39 is 0 Å². The lowest BCUT2D eigenvalue weighted by atomic mass is 10.00. The first-order chi connectivity index (χ1) is 9.65. The first-order valence-corrected chi connectivity index (χ1v) is 7.36. The van der Waals surface area contributed by atoms with Gasteiger partial charge in [-0.15, -0.1) is 0 Å². The minimum Gasteiger partial charge on any atom is -0.399 e. The van der Waals surface area contributed by atoms with Gasteiger partial charge in [-0.3, -0.25) is 4.79 Å². The van der Waals surface area contributed by atoms with Crippen molar-refractivity contribution in [3.63, 3.8) is 0 Å². The van der Waals surface area contributed by atoms with Crippen LogP contribution in [0.1, 0.15) is 17.5 Å². The van der Waals surface area contributed by atoms with E-state index in [1.165, 1.54) is 0 Å². The van der Waals surface area contributed by atoms with Crippen molar-refractivity contribution in [1.29, 1.82) is 0 Å². The lowest BCUT2D eigenvalue weighted by Crippen LogP contribution is -2.34. The molecule has 0 aromatic heterocycles. The molecule has 0 unspecified atom stereocenters. The molecule has 0 saturated heterocycles. The standard InChI is InChI=1S/C16H15BrN2O/c17-14-4-2-1-3-12(14)10-19-15-7-6-13(18)9-11(15)5-8-16(19)20/h1-4,6-7,9H,5,8,10,18H2. The lowest BCUT2D eigenvalue weighted by Gasteiger charge is -2.30. The van der Waals surface area contributed by atoms with Gasteiger partial charge in [0.25, 0.3) is 0 Å². The molecule has 1 heterocycles. The Morgan fingerprint density at radius 1 is 1.15 bits per heavy atom. The van der Waals surface area contributed by atoms with Gasteiger partial charge < -0.3 is 10.6 Å². The van der Waals surface area contributed by atoms with Gasteiger partial charge in [-0.2, -0.15) is 0 Å². The number of nitrogens with two attached hydrogens (primary N) is 1. The molecule has 0 aliphatic carbocycles. The van der Waals surface area contributed by atoms with Gasteiger partial charge >= 0.3 is 0 Å². The molecule has 0 spiro atoms. The van der Waals surface area contributed by atoms with Crippen LogP contribution in [0.5, 0.6) is 0 Å². The van der Waals surface area contributed by atoms with Gasteiger partial charge in [0, 0.05) is 22.3 Å². The Balaban J connectivity index is 1.97. The molecule has 1 amide bonds. The predicted molar refractivity (Wildman–Crippen MR) is 84.5 cm³/mol. The van der Waals surface area contributed by atoms with E-state index in [2.05, 4.69) is 15.9 Å². The first kappa shape index (κ1) is 13.2. The summed E-state index contributed by atoms with van der Waals surface area (Å²) in [4.78, 5) is 14.1. The van der Waals surface area contributed by atoms with Crippen molar-refractivity contribution in [1.82, 2.24) is 0 Å². The summed E-state index contributed by atoms with van der Waals surface area (Å²) in [6, 6.07) is 13.7. The Labute approximate surface area is 126 Å². The summed E-state index contributed by atoms with van der Waals surface area (Å²) in [6.45, 7) is 0.581. The van der Waals surface area contributed by atoms with Crippen LogP contribution in [0.4, 0.5) is 11.4 Å². The van der Waals surface area contributed by atoms with Crippen molar-refractivity contribution in [3.05, 3.63) is 58.1 Å². The molecular formula is C16H15BrN2O. The zero-order valence-corrected chi connectivity index (χ0v) is 12.6. The van der Waals surface area contributed by atoms with Crippen molar-refractivity contribution >= 4 is 33.2 Å². The zero-order valence-electron chi connectivity index (χ0n) is 11.0. The quantitative estimate of drug-likeness (QED) is 0.856. The molecular weight excluding hydrogens is 316 g/mol. The Hall–Kier alpha value is -1.81. The summed E-state index contributed by atoms with van der Waals surface area (Å²) in [5.74, 6) is 0.165. The highest BCUT2D eigenvalue weighted by molar-refractivity contribution is 9.10. The number of fused-ring (bicyclic) bond motifs is 1. The van der Waals surface area contributed by atoms with E-state index in [0.717, 1.165) is 33.4 Å². The van der Waals surface area contributed by atoms with E-state index >= 15 is 0 Å². The van der Waals surface area contributed by atoms with E-state index in [4.69, 9.17) is 5.73 Å². The number of nitrogens with zero attached hydrogens (tertiary/aromatic N) is 1. The van der Waals surface area contributed by atoms with Crippen LogP contribution in [-0.2, 0) is 17.8 Å². The third kappa shape index (κ3) is 2.43. The highest BCUT2D eigenvalue weighted by Gasteiger charge is 2.24. The fraction of sp³-hybridized carbons (Fsp3) is 0.188. The number of aryl methyl sites for hydroxylation is 1. The zero-order chi connectivity index (χ0) is 14.1. The normalized spacial score (nSPS) is 14.2. The number of anilines is 2. The van der Waals surface area contributed by atoms with Gasteiger partial charge in [0.1, 0.15) is 0 Å². The summed E-state index contributed by atoms with van der Waals surface area (Å²) in [5, 5.41) is 0. The number of rotatable bonds is 2. The van der Waals surface area contributed by atoms with Crippen molar-refractivity contribution in [2.24, 2.45) is 0 Å². The molecule has 1 aliphatic heterocycles. The van der Waals surface area contributed by atoms with Crippen LogP contribution >= 0.6 is 15.9 Å². The third-order valence-corrected chi connectivity index (χ3v) is 4.36. The predicted octanol–water partition coefficient (Wildman–Crippen LogP) is 3.51. The second-order valence-corrected chi connectivity index (χ2v) is 5.81. The van der Waals surface area contributed by atoms with Gasteiger partial charge in [-0.05, 0) is 41.8 Å². The number of amides is 1. The van der Waals surface area contributed by atoms with Crippen LogP contribution in [0.3, 0.4) is 0 Å². The van der Waals surface area contributed by atoms with Crippen molar-refractivity contribution < 1.29 is 4.79 Å². The van der Waals surface area contributed by atoms with Crippen molar-refractivity contribution in [2.45, 2.75) is 19.4 Å². The van der Waals surface area contributed by atoms with Gasteiger partial charge in [-0.25, -0.2) is 0 Å². The Bertz CT molecular complexity index is 669. The topological polar surface area (TPSA) is 46.3 Å². The van der Waals surface area contributed by atoms with Crippen LogP contribution < -0.4 is 10.6 Å². The number of halogens is 1. The van der Waals surface area contributed by atoms with Crippen LogP contribution in [0.2, 0.25) is 0 Å². The number of benzene rings is 2.